The number of thiophene rings is 1. The Hall–Kier alpha value is -2.78. The topological polar surface area (TPSA) is 106 Å². The Morgan fingerprint density at radius 1 is 1.21 bits per heavy atom. The molecular formula is C15H10N2O5S2. The first-order valence-corrected chi connectivity index (χ1v) is 8.94. The van der Waals surface area contributed by atoms with E-state index < -0.39 is 21.7 Å². The summed E-state index contributed by atoms with van der Waals surface area (Å²) in [6.45, 7) is 0. The first-order chi connectivity index (χ1) is 11.4. The van der Waals surface area contributed by atoms with Gasteiger partial charge in [0, 0.05) is 11.6 Å². The lowest BCUT2D eigenvalue weighted by Gasteiger charge is -2.08. The summed E-state index contributed by atoms with van der Waals surface area (Å²) in [5, 5.41) is 15.0. The molecule has 0 spiro atoms. The maximum Gasteiger partial charge on any atom is 0.355 e. The van der Waals surface area contributed by atoms with Gasteiger partial charge in [0.15, 0.2) is 12.0 Å². The highest BCUT2D eigenvalue weighted by Gasteiger charge is 2.28. The number of aldehydes is 1. The molecule has 122 valence electrons. The van der Waals surface area contributed by atoms with Crippen LogP contribution in [-0.4, -0.2) is 35.0 Å². The van der Waals surface area contributed by atoms with E-state index in [1.54, 1.807) is 17.5 Å². The van der Waals surface area contributed by atoms with Crippen LogP contribution >= 0.6 is 11.3 Å². The molecule has 0 bridgehead atoms. The molecule has 0 fully saturated rings. The first kappa shape index (κ1) is 16.1. The summed E-state index contributed by atoms with van der Waals surface area (Å²) in [6, 6.07) is 10.2. The largest absolute Gasteiger partial charge is 0.476 e. The number of carbonyl (C=O) groups is 2. The average molecular weight is 362 g/mol. The zero-order chi connectivity index (χ0) is 17.3. The third-order valence-electron chi connectivity index (χ3n) is 3.22. The van der Waals surface area contributed by atoms with Crippen molar-refractivity contribution in [3.63, 3.8) is 0 Å². The summed E-state index contributed by atoms with van der Waals surface area (Å²) < 4.78 is 26.1. The second-order valence-electron chi connectivity index (χ2n) is 4.70. The first-order valence-electron chi connectivity index (χ1n) is 6.62. The number of aromatic nitrogens is 2. The van der Waals surface area contributed by atoms with Gasteiger partial charge in [-0.2, -0.15) is 13.5 Å². The van der Waals surface area contributed by atoms with Gasteiger partial charge in [-0.25, -0.2) is 4.79 Å². The predicted molar refractivity (Wildman–Crippen MR) is 86.9 cm³/mol. The number of carboxylic acid groups (broad SMARTS) is 1. The number of carboxylic acids is 1. The quantitative estimate of drug-likeness (QED) is 0.698. The molecule has 2 heterocycles. The summed E-state index contributed by atoms with van der Waals surface area (Å²) in [5.41, 5.74) is -0.337. The average Bonchev–Trinajstić information content (AvgIpc) is 3.23. The SMILES string of the molecule is O=Cc1ccccc1S(=O)(=O)n1nc(-c2cccs2)cc1C(=O)O. The zero-order valence-corrected chi connectivity index (χ0v) is 13.6. The molecule has 2 aromatic heterocycles. The molecule has 0 aliphatic carbocycles. The van der Waals surface area contributed by atoms with E-state index in [4.69, 9.17) is 0 Å². The Kier molecular flexibility index (Phi) is 4.04. The van der Waals surface area contributed by atoms with Crippen molar-refractivity contribution in [3.8, 4) is 10.6 Å². The minimum Gasteiger partial charge on any atom is -0.476 e. The number of carbonyl (C=O) groups excluding carboxylic acids is 1. The summed E-state index contributed by atoms with van der Waals surface area (Å²) in [5.74, 6) is -1.43. The van der Waals surface area contributed by atoms with Gasteiger partial charge in [0.1, 0.15) is 5.69 Å². The van der Waals surface area contributed by atoms with Crippen LogP contribution in [-0.2, 0) is 10.0 Å². The molecule has 0 unspecified atom stereocenters. The Labute approximate surface area is 140 Å². The molecule has 3 rings (SSSR count). The summed E-state index contributed by atoms with van der Waals surface area (Å²) in [7, 11) is -4.33. The number of hydrogen-bond acceptors (Lipinski definition) is 6. The number of hydrogen-bond donors (Lipinski definition) is 1. The van der Waals surface area contributed by atoms with Gasteiger partial charge < -0.3 is 5.11 Å². The molecule has 0 saturated heterocycles. The Balaban J connectivity index is 2.24. The van der Waals surface area contributed by atoms with E-state index >= 15 is 0 Å². The highest BCUT2D eigenvalue weighted by Crippen LogP contribution is 2.27. The van der Waals surface area contributed by atoms with Gasteiger partial charge >= 0.3 is 5.97 Å². The van der Waals surface area contributed by atoms with Crippen LogP contribution in [0, 0.1) is 0 Å². The van der Waals surface area contributed by atoms with Gasteiger partial charge in [0.25, 0.3) is 10.0 Å². The minimum atomic E-state index is -4.33. The van der Waals surface area contributed by atoms with Gasteiger partial charge in [-0.05, 0) is 17.5 Å². The predicted octanol–water partition coefficient (Wildman–Crippen LogP) is 2.36. The van der Waals surface area contributed by atoms with Gasteiger partial charge in [-0.15, -0.1) is 15.4 Å². The monoisotopic (exact) mass is 362 g/mol. The fourth-order valence-corrected chi connectivity index (χ4v) is 4.26. The van der Waals surface area contributed by atoms with Crippen molar-refractivity contribution in [2.75, 3.05) is 0 Å². The van der Waals surface area contributed by atoms with Crippen LogP contribution in [0.25, 0.3) is 10.6 Å². The van der Waals surface area contributed by atoms with Crippen LogP contribution in [0.4, 0.5) is 0 Å². The Bertz CT molecular complexity index is 1020. The standard InChI is InChI=1S/C15H10N2O5S2/c18-9-10-4-1-2-6-14(10)24(21,22)17-12(15(19)20)8-11(16-17)13-5-3-7-23-13/h1-9H,(H,19,20). The summed E-state index contributed by atoms with van der Waals surface area (Å²) >= 11 is 1.30. The second kappa shape index (κ2) is 6.02. The van der Waals surface area contributed by atoms with Gasteiger partial charge in [0.05, 0.1) is 9.77 Å². The molecule has 0 amide bonds. The molecule has 0 aliphatic heterocycles. The Morgan fingerprint density at radius 3 is 2.58 bits per heavy atom. The van der Waals surface area contributed by atoms with Crippen LogP contribution in [0.3, 0.4) is 0 Å². The molecule has 7 nitrogen and oxygen atoms in total. The van der Waals surface area contributed by atoms with E-state index in [1.165, 1.54) is 41.7 Å². The van der Waals surface area contributed by atoms with Crippen molar-refractivity contribution in [3.05, 3.63) is 59.1 Å². The fourth-order valence-electron chi connectivity index (χ4n) is 2.14. The molecule has 1 aromatic carbocycles. The fraction of sp³-hybridized carbons (Fsp3) is 0. The van der Waals surface area contributed by atoms with Crippen molar-refractivity contribution < 1.29 is 23.1 Å². The van der Waals surface area contributed by atoms with Crippen LogP contribution < -0.4 is 0 Å². The molecule has 0 radical (unpaired) electrons. The lowest BCUT2D eigenvalue weighted by atomic mass is 10.2. The number of benzene rings is 1. The summed E-state index contributed by atoms with van der Waals surface area (Å²) in [4.78, 5) is 22.9. The third kappa shape index (κ3) is 2.63. The molecule has 3 aromatic rings. The number of nitrogens with zero attached hydrogens (tertiary/aromatic N) is 2. The van der Waals surface area contributed by atoms with E-state index in [9.17, 15) is 23.1 Å². The lowest BCUT2D eigenvalue weighted by Crippen LogP contribution is -2.21. The van der Waals surface area contributed by atoms with Crippen LogP contribution in [0.15, 0.2) is 52.7 Å². The van der Waals surface area contributed by atoms with Crippen LogP contribution in [0.1, 0.15) is 20.8 Å². The maximum absolute atomic E-state index is 12.8. The van der Waals surface area contributed by atoms with Crippen molar-refractivity contribution in [2.24, 2.45) is 0 Å². The number of aromatic carboxylic acids is 1. The van der Waals surface area contributed by atoms with E-state index in [0.29, 0.717) is 15.3 Å². The van der Waals surface area contributed by atoms with Crippen molar-refractivity contribution in [1.29, 1.82) is 0 Å². The van der Waals surface area contributed by atoms with Gasteiger partial charge in [0.2, 0.25) is 0 Å². The molecule has 0 aliphatic rings. The van der Waals surface area contributed by atoms with Crippen LogP contribution in [0.2, 0.25) is 0 Å². The maximum atomic E-state index is 12.8. The molecule has 9 heteroatoms. The normalized spacial score (nSPS) is 11.3. The zero-order valence-electron chi connectivity index (χ0n) is 12.0. The van der Waals surface area contributed by atoms with E-state index in [0.717, 1.165) is 0 Å². The minimum absolute atomic E-state index is 0.0676. The molecule has 0 atom stereocenters. The molecule has 24 heavy (non-hydrogen) atoms. The number of rotatable bonds is 5. The molecule has 1 N–H and O–H groups in total. The lowest BCUT2D eigenvalue weighted by molar-refractivity contribution is 0.0688. The molecular weight excluding hydrogens is 352 g/mol. The van der Waals surface area contributed by atoms with Gasteiger partial charge in [-0.1, -0.05) is 24.3 Å². The van der Waals surface area contributed by atoms with Crippen LogP contribution in [0.5, 0.6) is 0 Å². The van der Waals surface area contributed by atoms with Crippen molar-refractivity contribution in [1.82, 2.24) is 9.19 Å². The van der Waals surface area contributed by atoms with Crippen molar-refractivity contribution >= 4 is 33.6 Å². The highest BCUT2D eigenvalue weighted by molar-refractivity contribution is 7.90. The molecule has 0 saturated carbocycles. The summed E-state index contributed by atoms with van der Waals surface area (Å²) in [6.07, 6.45) is 0.400. The Morgan fingerprint density at radius 2 is 1.96 bits per heavy atom. The van der Waals surface area contributed by atoms with E-state index in [1.807, 2.05) is 0 Å². The van der Waals surface area contributed by atoms with Gasteiger partial charge in [-0.3, -0.25) is 4.79 Å². The highest BCUT2D eigenvalue weighted by atomic mass is 32.2. The third-order valence-corrected chi connectivity index (χ3v) is 5.78. The van der Waals surface area contributed by atoms with E-state index in [2.05, 4.69) is 5.10 Å². The van der Waals surface area contributed by atoms with Crippen molar-refractivity contribution in [2.45, 2.75) is 4.90 Å². The smallest absolute Gasteiger partial charge is 0.355 e. The van der Waals surface area contributed by atoms with E-state index in [-0.39, 0.29) is 16.2 Å². The second-order valence-corrected chi connectivity index (χ2v) is 7.38.